The number of aliphatic hydroxyl groups excluding tert-OH is 1. The van der Waals surface area contributed by atoms with Gasteiger partial charge in [0.2, 0.25) is 0 Å². The Hall–Kier alpha value is -0.510. The summed E-state index contributed by atoms with van der Waals surface area (Å²) in [5, 5.41) is 10.3. The Bertz CT molecular complexity index is 306. The summed E-state index contributed by atoms with van der Waals surface area (Å²) in [5.41, 5.74) is 1.01. The highest BCUT2D eigenvalue weighted by atomic mass is 32.2. The van der Waals surface area contributed by atoms with Crippen molar-refractivity contribution in [3.8, 4) is 0 Å². The van der Waals surface area contributed by atoms with Gasteiger partial charge in [0.15, 0.2) is 0 Å². The van der Waals surface area contributed by atoms with Crippen LogP contribution in [0.3, 0.4) is 0 Å². The van der Waals surface area contributed by atoms with Crippen LogP contribution in [0.5, 0.6) is 0 Å². The molecule has 1 aromatic carbocycles. The van der Waals surface area contributed by atoms with Gasteiger partial charge >= 0.3 is 0 Å². The van der Waals surface area contributed by atoms with Crippen molar-refractivity contribution in [1.29, 1.82) is 0 Å². The van der Waals surface area contributed by atoms with Gasteiger partial charge in [-0.25, -0.2) is 0 Å². The summed E-state index contributed by atoms with van der Waals surface area (Å²) < 4.78 is 5.13. The largest absolute Gasteiger partial charge is 0.388 e. The van der Waals surface area contributed by atoms with Crippen LogP contribution >= 0.6 is 11.8 Å². The minimum atomic E-state index is -0.323. The molecule has 0 unspecified atom stereocenters. The molecule has 1 N–H and O–H groups in total. The van der Waals surface area contributed by atoms with E-state index in [0.717, 1.165) is 25.2 Å². The predicted octanol–water partition coefficient (Wildman–Crippen LogP) is 2.62. The first kappa shape index (κ1) is 11.0. The van der Waals surface area contributed by atoms with Gasteiger partial charge in [-0.2, -0.15) is 0 Å². The van der Waals surface area contributed by atoms with E-state index in [4.69, 9.17) is 4.74 Å². The van der Waals surface area contributed by atoms with Gasteiger partial charge in [-0.15, -0.1) is 11.8 Å². The van der Waals surface area contributed by atoms with Gasteiger partial charge in [0.25, 0.3) is 0 Å². The molecule has 0 aromatic heterocycles. The first-order chi connectivity index (χ1) is 7.29. The zero-order valence-electron chi connectivity index (χ0n) is 8.85. The second kappa shape index (κ2) is 5.01. The molecule has 0 bridgehead atoms. The molecule has 0 saturated carbocycles. The van der Waals surface area contributed by atoms with Crippen LogP contribution in [0.4, 0.5) is 0 Å². The molecule has 1 saturated heterocycles. The minimum Gasteiger partial charge on any atom is -0.388 e. The number of aliphatic hydroxyl groups is 1. The summed E-state index contributed by atoms with van der Waals surface area (Å²) in [7, 11) is 0. The fraction of sp³-hybridized carbons (Fsp3) is 0.500. The quantitative estimate of drug-likeness (QED) is 0.852. The lowest BCUT2D eigenvalue weighted by atomic mass is 10.1. The summed E-state index contributed by atoms with van der Waals surface area (Å²) in [6, 6.07) is 8.18. The van der Waals surface area contributed by atoms with Crippen LogP contribution in [0.25, 0.3) is 0 Å². The minimum absolute atomic E-state index is 0.323. The molecular formula is C12H16O2S. The molecule has 1 heterocycles. The number of thioether (sulfide) groups is 1. The first-order valence-electron chi connectivity index (χ1n) is 5.32. The topological polar surface area (TPSA) is 29.5 Å². The molecule has 1 aliphatic rings. The number of hydrogen-bond acceptors (Lipinski definition) is 3. The molecule has 0 aliphatic carbocycles. The number of hydrogen-bond donors (Lipinski definition) is 1. The monoisotopic (exact) mass is 224 g/mol. The average Bonchev–Trinajstić information content (AvgIpc) is 2.23. The van der Waals surface area contributed by atoms with E-state index < -0.39 is 0 Å². The summed E-state index contributed by atoms with van der Waals surface area (Å²) in [5.74, 6) is 0. The maximum atomic E-state index is 9.63. The third-order valence-corrected chi connectivity index (χ3v) is 3.71. The standard InChI is InChI=1S/C12H16O2S/c1-2-12(13)9-3-5-10(6-4-9)15-11-7-14-8-11/h3-6,11-13H,2,7-8H2,1H3/t12-/m0/s1. The van der Waals surface area contributed by atoms with Crippen LogP contribution in [0, 0.1) is 0 Å². The molecule has 1 aromatic rings. The molecule has 2 nitrogen and oxygen atoms in total. The van der Waals surface area contributed by atoms with Crippen molar-refractivity contribution in [2.75, 3.05) is 13.2 Å². The van der Waals surface area contributed by atoms with Gasteiger partial charge in [0.1, 0.15) is 0 Å². The zero-order valence-corrected chi connectivity index (χ0v) is 9.67. The maximum Gasteiger partial charge on any atom is 0.0787 e. The average molecular weight is 224 g/mol. The Balaban J connectivity index is 1.96. The second-order valence-corrected chi connectivity index (χ2v) is 5.14. The molecule has 15 heavy (non-hydrogen) atoms. The van der Waals surface area contributed by atoms with E-state index in [1.807, 2.05) is 30.8 Å². The predicted molar refractivity (Wildman–Crippen MR) is 62.2 cm³/mol. The smallest absolute Gasteiger partial charge is 0.0787 e. The van der Waals surface area contributed by atoms with Crippen molar-refractivity contribution in [3.05, 3.63) is 29.8 Å². The van der Waals surface area contributed by atoms with Crippen molar-refractivity contribution in [2.24, 2.45) is 0 Å². The highest BCUT2D eigenvalue weighted by Crippen LogP contribution is 2.29. The van der Waals surface area contributed by atoms with E-state index in [2.05, 4.69) is 12.1 Å². The lowest BCUT2D eigenvalue weighted by Crippen LogP contribution is -2.29. The third kappa shape index (κ3) is 2.74. The van der Waals surface area contributed by atoms with Gasteiger partial charge in [-0.1, -0.05) is 19.1 Å². The zero-order chi connectivity index (χ0) is 10.7. The maximum absolute atomic E-state index is 9.63. The molecule has 1 fully saturated rings. The van der Waals surface area contributed by atoms with Crippen molar-refractivity contribution in [1.82, 2.24) is 0 Å². The second-order valence-electron chi connectivity index (χ2n) is 3.77. The first-order valence-corrected chi connectivity index (χ1v) is 6.20. The summed E-state index contributed by atoms with van der Waals surface area (Å²) in [6.07, 6.45) is 0.444. The molecule has 0 radical (unpaired) electrons. The Labute approximate surface area is 94.6 Å². The van der Waals surface area contributed by atoms with E-state index >= 15 is 0 Å². The van der Waals surface area contributed by atoms with Gasteiger partial charge in [0.05, 0.1) is 24.6 Å². The summed E-state index contributed by atoms with van der Waals surface area (Å²) >= 11 is 1.85. The molecule has 2 rings (SSSR count). The van der Waals surface area contributed by atoms with Gasteiger partial charge in [-0.05, 0) is 24.1 Å². The lowest BCUT2D eigenvalue weighted by Gasteiger charge is -2.25. The third-order valence-electron chi connectivity index (χ3n) is 2.56. The molecule has 3 heteroatoms. The normalized spacial score (nSPS) is 18.5. The molecule has 1 aliphatic heterocycles. The highest BCUT2D eigenvalue weighted by Gasteiger charge is 2.19. The van der Waals surface area contributed by atoms with Crippen molar-refractivity contribution < 1.29 is 9.84 Å². The van der Waals surface area contributed by atoms with Gasteiger partial charge in [0, 0.05) is 4.90 Å². The summed E-state index contributed by atoms with van der Waals surface area (Å²) in [4.78, 5) is 1.26. The number of benzene rings is 1. The van der Waals surface area contributed by atoms with Crippen LogP contribution in [-0.4, -0.2) is 23.6 Å². The molecule has 0 spiro atoms. The van der Waals surface area contributed by atoms with Crippen LogP contribution in [0.2, 0.25) is 0 Å². The van der Waals surface area contributed by atoms with E-state index in [1.54, 1.807) is 0 Å². The fourth-order valence-electron chi connectivity index (χ4n) is 1.48. The fourth-order valence-corrected chi connectivity index (χ4v) is 2.49. The Kier molecular flexibility index (Phi) is 3.67. The van der Waals surface area contributed by atoms with E-state index in [0.29, 0.717) is 5.25 Å². The van der Waals surface area contributed by atoms with E-state index in [1.165, 1.54) is 4.90 Å². The van der Waals surface area contributed by atoms with Gasteiger partial charge < -0.3 is 9.84 Å². The van der Waals surface area contributed by atoms with E-state index in [9.17, 15) is 5.11 Å². The molecule has 0 amide bonds. The van der Waals surface area contributed by atoms with Crippen molar-refractivity contribution in [2.45, 2.75) is 29.6 Å². The number of rotatable bonds is 4. The van der Waals surface area contributed by atoms with Crippen LogP contribution in [0.15, 0.2) is 29.2 Å². The van der Waals surface area contributed by atoms with Crippen molar-refractivity contribution in [3.63, 3.8) is 0 Å². The highest BCUT2D eigenvalue weighted by molar-refractivity contribution is 8.00. The lowest BCUT2D eigenvalue weighted by molar-refractivity contribution is 0.0455. The molecular weight excluding hydrogens is 208 g/mol. The van der Waals surface area contributed by atoms with Gasteiger partial charge in [-0.3, -0.25) is 0 Å². The van der Waals surface area contributed by atoms with Crippen LogP contribution < -0.4 is 0 Å². The molecule has 1 atom stereocenters. The van der Waals surface area contributed by atoms with Crippen LogP contribution in [0.1, 0.15) is 25.0 Å². The Morgan fingerprint density at radius 1 is 1.40 bits per heavy atom. The Morgan fingerprint density at radius 3 is 2.53 bits per heavy atom. The molecule has 82 valence electrons. The Morgan fingerprint density at radius 2 is 2.07 bits per heavy atom. The SMILES string of the molecule is CC[C@H](O)c1ccc(SC2COC2)cc1. The summed E-state index contributed by atoms with van der Waals surface area (Å²) in [6.45, 7) is 3.72. The van der Waals surface area contributed by atoms with Crippen molar-refractivity contribution >= 4 is 11.8 Å². The van der Waals surface area contributed by atoms with Crippen LogP contribution in [-0.2, 0) is 4.74 Å². The van der Waals surface area contributed by atoms with E-state index in [-0.39, 0.29) is 6.10 Å². The number of ether oxygens (including phenoxy) is 1.